The summed E-state index contributed by atoms with van der Waals surface area (Å²) in [6, 6.07) is 0. The molecular formula is C13H27N. The summed E-state index contributed by atoms with van der Waals surface area (Å²) in [5, 5.41) is 0. The molecule has 1 fully saturated rings. The Balaban J connectivity index is 2.53. The van der Waals surface area contributed by atoms with Gasteiger partial charge in [-0.25, -0.2) is 0 Å². The molecule has 0 bridgehead atoms. The Kier molecular flexibility index (Phi) is 4.94. The lowest BCUT2D eigenvalue weighted by Crippen LogP contribution is -2.31. The molecule has 1 unspecified atom stereocenters. The third-order valence-electron chi connectivity index (χ3n) is 4.08. The zero-order chi connectivity index (χ0) is 10.4. The Morgan fingerprint density at radius 1 is 1.14 bits per heavy atom. The van der Waals surface area contributed by atoms with Gasteiger partial charge in [-0.15, -0.1) is 0 Å². The first-order valence-corrected chi connectivity index (χ1v) is 6.42. The van der Waals surface area contributed by atoms with Crippen LogP contribution < -0.4 is 5.73 Å². The smallest absolute Gasteiger partial charge is 0.00204 e. The van der Waals surface area contributed by atoms with E-state index in [0.29, 0.717) is 5.41 Å². The lowest BCUT2D eigenvalue weighted by molar-refractivity contribution is 0.194. The fraction of sp³-hybridized carbons (Fsp3) is 1.00. The van der Waals surface area contributed by atoms with Crippen LogP contribution in [0.1, 0.15) is 65.2 Å². The minimum Gasteiger partial charge on any atom is -0.330 e. The van der Waals surface area contributed by atoms with Crippen LogP contribution in [-0.4, -0.2) is 6.54 Å². The largest absolute Gasteiger partial charge is 0.330 e. The van der Waals surface area contributed by atoms with Crippen LogP contribution >= 0.6 is 0 Å². The Labute approximate surface area is 89.5 Å². The fourth-order valence-corrected chi connectivity index (χ4v) is 2.85. The summed E-state index contributed by atoms with van der Waals surface area (Å²) in [6.07, 6.45) is 11.1. The van der Waals surface area contributed by atoms with Crippen molar-refractivity contribution in [1.29, 1.82) is 0 Å². The molecule has 1 aliphatic rings. The van der Waals surface area contributed by atoms with Crippen molar-refractivity contribution in [2.45, 2.75) is 65.2 Å². The maximum Gasteiger partial charge on any atom is -0.00204 e. The molecule has 0 saturated heterocycles. The van der Waals surface area contributed by atoms with Crippen molar-refractivity contribution in [1.82, 2.24) is 0 Å². The van der Waals surface area contributed by atoms with E-state index in [1.807, 2.05) is 0 Å². The topological polar surface area (TPSA) is 26.0 Å². The van der Waals surface area contributed by atoms with Gasteiger partial charge in [-0.3, -0.25) is 0 Å². The lowest BCUT2D eigenvalue weighted by atomic mass is 9.73. The van der Waals surface area contributed by atoms with Crippen molar-refractivity contribution in [2.24, 2.45) is 17.1 Å². The molecule has 0 aromatic rings. The van der Waals surface area contributed by atoms with Gasteiger partial charge in [0.05, 0.1) is 0 Å². The molecule has 0 amide bonds. The highest BCUT2D eigenvalue weighted by atomic mass is 14.6. The van der Waals surface area contributed by atoms with E-state index in [9.17, 15) is 0 Å². The molecule has 1 saturated carbocycles. The first-order valence-electron chi connectivity index (χ1n) is 6.42. The van der Waals surface area contributed by atoms with Gasteiger partial charge in [0.15, 0.2) is 0 Å². The number of rotatable bonds is 4. The fourth-order valence-electron chi connectivity index (χ4n) is 2.85. The molecule has 1 aliphatic carbocycles. The van der Waals surface area contributed by atoms with Crippen molar-refractivity contribution in [3.8, 4) is 0 Å². The third-order valence-corrected chi connectivity index (χ3v) is 4.08. The molecule has 2 N–H and O–H groups in total. The number of hydrogen-bond acceptors (Lipinski definition) is 1. The molecule has 1 heteroatoms. The molecule has 0 aromatic heterocycles. The molecule has 1 rings (SSSR count). The van der Waals surface area contributed by atoms with Crippen LogP contribution in [0.5, 0.6) is 0 Å². The van der Waals surface area contributed by atoms with E-state index in [1.165, 1.54) is 51.4 Å². The summed E-state index contributed by atoms with van der Waals surface area (Å²) in [5.41, 5.74) is 6.52. The Morgan fingerprint density at radius 3 is 2.14 bits per heavy atom. The molecule has 14 heavy (non-hydrogen) atoms. The molecule has 1 atom stereocenters. The van der Waals surface area contributed by atoms with Gasteiger partial charge in [0, 0.05) is 0 Å². The summed E-state index contributed by atoms with van der Waals surface area (Å²) < 4.78 is 0. The summed E-state index contributed by atoms with van der Waals surface area (Å²) in [5.74, 6) is 0.858. The summed E-state index contributed by atoms with van der Waals surface area (Å²) in [7, 11) is 0. The first-order chi connectivity index (χ1) is 6.72. The number of hydrogen-bond donors (Lipinski definition) is 1. The van der Waals surface area contributed by atoms with Crippen LogP contribution in [0, 0.1) is 11.3 Å². The van der Waals surface area contributed by atoms with E-state index in [1.54, 1.807) is 0 Å². The van der Waals surface area contributed by atoms with E-state index in [0.717, 1.165) is 12.5 Å². The van der Waals surface area contributed by atoms with Gasteiger partial charge in [0.2, 0.25) is 0 Å². The van der Waals surface area contributed by atoms with Crippen LogP contribution in [0.2, 0.25) is 0 Å². The second kappa shape index (κ2) is 5.75. The second-order valence-corrected chi connectivity index (χ2v) is 5.34. The lowest BCUT2D eigenvalue weighted by Gasteiger charge is -2.34. The maximum absolute atomic E-state index is 6.01. The average Bonchev–Trinajstić information content (AvgIpc) is 2.44. The van der Waals surface area contributed by atoms with E-state index in [2.05, 4.69) is 13.8 Å². The molecule has 0 aromatic carbocycles. The monoisotopic (exact) mass is 197 g/mol. The van der Waals surface area contributed by atoms with E-state index < -0.39 is 0 Å². The highest BCUT2D eigenvalue weighted by Crippen LogP contribution is 2.39. The van der Waals surface area contributed by atoms with Gasteiger partial charge in [-0.05, 0) is 37.1 Å². The standard InChI is InChI=1S/C13H27N/c1-3-12(2)10-13(11-14)8-6-4-5-7-9-13/h12H,3-11,14H2,1-2H3. The van der Waals surface area contributed by atoms with Gasteiger partial charge < -0.3 is 5.73 Å². The van der Waals surface area contributed by atoms with Gasteiger partial charge in [-0.1, -0.05) is 46.0 Å². The molecule has 1 nitrogen and oxygen atoms in total. The minimum absolute atomic E-state index is 0.506. The molecule has 0 spiro atoms. The predicted molar refractivity (Wildman–Crippen MR) is 63.3 cm³/mol. The van der Waals surface area contributed by atoms with Gasteiger partial charge in [0.1, 0.15) is 0 Å². The molecule has 84 valence electrons. The minimum atomic E-state index is 0.506. The molecule has 0 aliphatic heterocycles. The highest BCUT2D eigenvalue weighted by Gasteiger charge is 2.30. The van der Waals surface area contributed by atoms with E-state index >= 15 is 0 Å². The summed E-state index contributed by atoms with van der Waals surface area (Å²) in [6.45, 7) is 5.59. The second-order valence-electron chi connectivity index (χ2n) is 5.34. The Bertz CT molecular complexity index is 145. The highest BCUT2D eigenvalue weighted by molar-refractivity contribution is 4.83. The van der Waals surface area contributed by atoms with Crippen LogP contribution in [0.25, 0.3) is 0 Å². The maximum atomic E-state index is 6.01. The van der Waals surface area contributed by atoms with E-state index in [4.69, 9.17) is 5.73 Å². The van der Waals surface area contributed by atoms with Crippen LogP contribution in [0.3, 0.4) is 0 Å². The zero-order valence-electron chi connectivity index (χ0n) is 10.0. The van der Waals surface area contributed by atoms with Crippen LogP contribution in [-0.2, 0) is 0 Å². The summed E-state index contributed by atoms with van der Waals surface area (Å²) >= 11 is 0. The van der Waals surface area contributed by atoms with Gasteiger partial charge >= 0.3 is 0 Å². The van der Waals surface area contributed by atoms with Crippen LogP contribution in [0.15, 0.2) is 0 Å². The average molecular weight is 197 g/mol. The zero-order valence-corrected chi connectivity index (χ0v) is 10.0. The van der Waals surface area contributed by atoms with Crippen LogP contribution in [0.4, 0.5) is 0 Å². The first kappa shape index (κ1) is 12.0. The SMILES string of the molecule is CCC(C)CC1(CN)CCCCCC1. The van der Waals surface area contributed by atoms with Crippen molar-refractivity contribution in [3.05, 3.63) is 0 Å². The predicted octanol–water partition coefficient (Wildman–Crippen LogP) is 3.72. The summed E-state index contributed by atoms with van der Waals surface area (Å²) in [4.78, 5) is 0. The molecule has 0 heterocycles. The Hall–Kier alpha value is -0.0400. The quantitative estimate of drug-likeness (QED) is 0.683. The molecule has 0 radical (unpaired) electrons. The van der Waals surface area contributed by atoms with Gasteiger partial charge in [-0.2, -0.15) is 0 Å². The van der Waals surface area contributed by atoms with Crippen molar-refractivity contribution in [2.75, 3.05) is 6.54 Å². The number of nitrogens with two attached hydrogens (primary N) is 1. The van der Waals surface area contributed by atoms with Crippen molar-refractivity contribution < 1.29 is 0 Å². The Morgan fingerprint density at radius 2 is 1.71 bits per heavy atom. The van der Waals surface area contributed by atoms with Gasteiger partial charge in [0.25, 0.3) is 0 Å². The molecular weight excluding hydrogens is 170 g/mol. The van der Waals surface area contributed by atoms with Crippen molar-refractivity contribution in [3.63, 3.8) is 0 Å². The third kappa shape index (κ3) is 3.27. The normalized spacial score (nSPS) is 24.2. The van der Waals surface area contributed by atoms with E-state index in [-0.39, 0.29) is 0 Å². The van der Waals surface area contributed by atoms with Crippen molar-refractivity contribution >= 4 is 0 Å².